The minimum absolute atomic E-state index is 0. The van der Waals surface area contributed by atoms with Gasteiger partial charge in [0.2, 0.25) is 0 Å². The number of piperazine rings is 1. The van der Waals surface area contributed by atoms with Gasteiger partial charge in [-0.15, -0.1) is 12.4 Å². The van der Waals surface area contributed by atoms with E-state index in [2.05, 4.69) is 5.32 Å². The number of hydrogen-bond donors (Lipinski definition) is 1. The molecule has 0 spiro atoms. The fourth-order valence-corrected chi connectivity index (χ4v) is 4.29. The molecule has 21 heavy (non-hydrogen) atoms. The number of halogens is 1. The molecule has 0 bridgehead atoms. The molecule has 0 amide bonds. The minimum Gasteiger partial charge on any atom is -0.495 e. The van der Waals surface area contributed by atoms with Gasteiger partial charge in [-0.3, -0.25) is 0 Å². The number of sulfonamides is 1. The van der Waals surface area contributed by atoms with Gasteiger partial charge in [-0.1, -0.05) is 6.07 Å². The van der Waals surface area contributed by atoms with E-state index < -0.39 is 10.0 Å². The summed E-state index contributed by atoms with van der Waals surface area (Å²) in [5.74, 6) is 0.602. The largest absolute Gasteiger partial charge is 0.495 e. The number of hydrogen-bond acceptors (Lipinski definition) is 5. The van der Waals surface area contributed by atoms with Gasteiger partial charge < -0.3 is 14.8 Å². The molecule has 1 N–H and O–H groups in total. The molecule has 120 valence electrons. The molecule has 1 aromatic carbocycles. The van der Waals surface area contributed by atoms with E-state index in [1.54, 1.807) is 18.2 Å². The lowest BCUT2D eigenvalue weighted by Crippen LogP contribution is -2.52. The van der Waals surface area contributed by atoms with Gasteiger partial charge in [0.15, 0.2) is 4.90 Å². The van der Waals surface area contributed by atoms with E-state index in [1.165, 1.54) is 18.5 Å². The zero-order valence-electron chi connectivity index (χ0n) is 12.3. The van der Waals surface area contributed by atoms with Crippen LogP contribution in [0.25, 0.3) is 0 Å². The average Bonchev–Trinajstić information content (AvgIpc) is 2.46. The first kappa shape index (κ1) is 18.0. The Morgan fingerprint density at radius 2 is 1.81 bits per heavy atom. The van der Waals surface area contributed by atoms with Crippen LogP contribution < -0.4 is 14.8 Å². The summed E-state index contributed by atoms with van der Waals surface area (Å²) in [4.78, 5) is 0.0961. The van der Waals surface area contributed by atoms with Gasteiger partial charge >= 0.3 is 0 Å². The fraction of sp³-hybridized carbons (Fsp3) is 0.538. The van der Waals surface area contributed by atoms with Crippen LogP contribution in [0.1, 0.15) is 6.92 Å². The maximum absolute atomic E-state index is 12.9. The predicted octanol–water partition coefficient (Wildman–Crippen LogP) is 1.11. The Kier molecular flexibility index (Phi) is 6.27. The highest BCUT2D eigenvalue weighted by molar-refractivity contribution is 7.89. The third-order valence-corrected chi connectivity index (χ3v) is 5.47. The molecule has 1 saturated heterocycles. The third-order valence-electron chi connectivity index (χ3n) is 3.39. The predicted molar refractivity (Wildman–Crippen MR) is 83.0 cm³/mol. The number of benzene rings is 1. The zero-order valence-corrected chi connectivity index (χ0v) is 14.0. The first-order chi connectivity index (χ1) is 9.52. The van der Waals surface area contributed by atoms with E-state index in [4.69, 9.17) is 9.47 Å². The monoisotopic (exact) mass is 336 g/mol. The lowest BCUT2D eigenvalue weighted by atomic mass is 10.3. The van der Waals surface area contributed by atoms with Crippen LogP contribution in [-0.4, -0.2) is 52.6 Å². The van der Waals surface area contributed by atoms with E-state index in [-0.39, 0.29) is 23.3 Å². The Bertz CT molecular complexity index is 557. The van der Waals surface area contributed by atoms with Gasteiger partial charge in [-0.2, -0.15) is 4.31 Å². The van der Waals surface area contributed by atoms with Crippen LogP contribution >= 0.6 is 12.4 Å². The second-order valence-electron chi connectivity index (χ2n) is 4.66. The summed E-state index contributed by atoms with van der Waals surface area (Å²) in [6, 6.07) is 4.85. The molecule has 0 radical (unpaired) electrons. The van der Waals surface area contributed by atoms with Crippen molar-refractivity contribution in [3.63, 3.8) is 0 Å². The Morgan fingerprint density at radius 3 is 2.29 bits per heavy atom. The lowest BCUT2D eigenvalue weighted by Gasteiger charge is -2.33. The molecule has 0 aromatic heterocycles. The first-order valence-corrected chi connectivity index (χ1v) is 7.90. The van der Waals surface area contributed by atoms with Crippen molar-refractivity contribution in [1.82, 2.24) is 9.62 Å². The standard InChI is InChI=1S/C13H20N2O4S.ClH/c1-10-9-14-7-8-15(10)20(16,17)13-11(18-2)5-4-6-12(13)19-3;/h4-6,10,14H,7-9H2,1-3H3;1H. The number of nitrogens with zero attached hydrogens (tertiary/aromatic N) is 1. The van der Waals surface area contributed by atoms with Crippen LogP contribution in [-0.2, 0) is 10.0 Å². The van der Waals surface area contributed by atoms with Crippen molar-refractivity contribution in [3.05, 3.63) is 18.2 Å². The second kappa shape index (κ2) is 7.31. The van der Waals surface area contributed by atoms with Crippen molar-refractivity contribution in [3.8, 4) is 11.5 Å². The minimum atomic E-state index is -3.65. The van der Waals surface area contributed by atoms with E-state index >= 15 is 0 Å². The molecule has 0 saturated carbocycles. The SMILES string of the molecule is COc1cccc(OC)c1S(=O)(=O)N1CCNCC1C.Cl. The molecular formula is C13H21ClN2O4S. The third kappa shape index (κ3) is 3.42. The summed E-state index contributed by atoms with van der Waals surface area (Å²) in [6.45, 7) is 3.59. The highest BCUT2D eigenvalue weighted by atomic mass is 35.5. The van der Waals surface area contributed by atoms with Crippen molar-refractivity contribution < 1.29 is 17.9 Å². The van der Waals surface area contributed by atoms with E-state index in [0.717, 1.165) is 0 Å². The van der Waals surface area contributed by atoms with Crippen molar-refractivity contribution in [2.75, 3.05) is 33.9 Å². The maximum Gasteiger partial charge on any atom is 0.250 e. The zero-order chi connectivity index (χ0) is 14.8. The highest BCUT2D eigenvalue weighted by Gasteiger charge is 2.35. The van der Waals surface area contributed by atoms with Crippen molar-refractivity contribution >= 4 is 22.4 Å². The molecule has 1 heterocycles. The number of methoxy groups -OCH3 is 2. The van der Waals surface area contributed by atoms with Crippen LogP contribution in [0.4, 0.5) is 0 Å². The van der Waals surface area contributed by atoms with E-state index in [0.29, 0.717) is 31.1 Å². The molecule has 1 aromatic rings. The normalized spacial score (nSPS) is 19.7. The van der Waals surface area contributed by atoms with Crippen LogP contribution in [0, 0.1) is 0 Å². The van der Waals surface area contributed by atoms with Gasteiger partial charge in [0.25, 0.3) is 10.0 Å². The quantitative estimate of drug-likeness (QED) is 0.892. The van der Waals surface area contributed by atoms with Gasteiger partial charge in [-0.05, 0) is 19.1 Å². The van der Waals surface area contributed by atoms with Gasteiger partial charge in [0.05, 0.1) is 14.2 Å². The summed E-state index contributed by atoms with van der Waals surface area (Å²) >= 11 is 0. The van der Waals surface area contributed by atoms with Gasteiger partial charge in [-0.25, -0.2) is 8.42 Å². The summed E-state index contributed by atoms with van der Waals surface area (Å²) < 4.78 is 37.7. The summed E-state index contributed by atoms with van der Waals surface area (Å²) in [5.41, 5.74) is 0. The lowest BCUT2D eigenvalue weighted by molar-refractivity contribution is 0.280. The van der Waals surface area contributed by atoms with Crippen molar-refractivity contribution in [1.29, 1.82) is 0 Å². The number of rotatable bonds is 4. The number of ether oxygens (including phenoxy) is 2. The molecule has 1 atom stereocenters. The van der Waals surface area contributed by atoms with Crippen molar-refractivity contribution in [2.45, 2.75) is 17.9 Å². The fourth-order valence-electron chi connectivity index (χ4n) is 2.37. The molecule has 0 aliphatic carbocycles. The topological polar surface area (TPSA) is 67.9 Å². The summed E-state index contributed by atoms with van der Waals surface area (Å²) in [5, 5.41) is 3.18. The molecule has 1 aliphatic rings. The first-order valence-electron chi connectivity index (χ1n) is 6.46. The molecule has 2 rings (SSSR count). The number of nitrogens with one attached hydrogen (secondary N) is 1. The molecular weight excluding hydrogens is 316 g/mol. The van der Waals surface area contributed by atoms with Gasteiger partial charge in [0.1, 0.15) is 11.5 Å². The Labute approximate surface area is 131 Å². The maximum atomic E-state index is 12.9. The Morgan fingerprint density at radius 1 is 1.24 bits per heavy atom. The van der Waals surface area contributed by atoms with Crippen LogP contribution in [0.5, 0.6) is 11.5 Å². The summed E-state index contributed by atoms with van der Waals surface area (Å²) in [6.07, 6.45) is 0. The molecule has 1 unspecified atom stereocenters. The average molecular weight is 337 g/mol. The van der Waals surface area contributed by atoms with Crippen LogP contribution in [0.2, 0.25) is 0 Å². The molecule has 1 fully saturated rings. The van der Waals surface area contributed by atoms with Crippen molar-refractivity contribution in [2.24, 2.45) is 0 Å². The van der Waals surface area contributed by atoms with E-state index in [9.17, 15) is 8.42 Å². The van der Waals surface area contributed by atoms with E-state index in [1.807, 2.05) is 6.92 Å². The Balaban J connectivity index is 0.00000220. The van der Waals surface area contributed by atoms with Crippen LogP contribution in [0.15, 0.2) is 23.1 Å². The summed E-state index contributed by atoms with van der Waals surface area (Å²) in [7, 11) is -0.747. The second-order valence-corrected chi connectivity index (χ2v) is 6.49. The smallest absolute Gasteiger partial charge is 0.250 e. The molecule has 1 aliphatic heterocycles. The Hall–Kier alpha value is -1.02. The van der Waals surface area contributed by atoms with Crippen LogP contribution in [0.3, 0.4) is 0 Å². The highest BCUT2D eigenvalue weighted by Crippen LogP contribution is 2.35. The molecule has 6 nitrogen and oxygen atoms in total. The molecule has 8 heteroatoms. The van der Waals surface area contributed by atoms with Gasteiger partial charge in [0, 0.05) is 25.7 Å².